The predicted molar refractivity (Wildman–Crippen MR) is 44.2 cm³/mol. The van der Waals surface area contributed by atoms with Gasteiger partial charge >= 0.3 is 5.97 Å². The molecule has 10 heavy (non-hydrogen) atoms. The summed E-state index contributed by atoms with van der Waals surface area (Å²) in [5.74, 6) is 0.491. The van der Waals surface area contributed by atoms with Gasteiger partial charge in [0.15, 0.2) is 0 Å². The summed E-state index contributed by atoms with van der Waals surface area (Å²) < 4.78 is 4.70. The Labute approximate surface area is 66.7 Å². The number of esters is 1. The molecule has 58 valence electrons. The highest BCUT2D eigenvalue weighted by Crippen LogP contribution is 1.92. The molecule has 0 heterocycles. The second-order valence-electron chi connectivity index (χ2n) is 1.80. The van der Waals surface area contributed by atoms with Crippen LogP contribution in [-0.2, 0) is 9.53 Å². The molecule has 0 fully saturated rings. The summed E-state index contributed by atoms with van der Waals surface area (Å²) in [6, 6.07) is 0. The van der Waals surface area contributed by atoms with Crippen molar-refractivity contribution >= 4 is 18.6 Å². The van der Waals surface area contributed by atoms with Crippen LogP contribution < -0.4 is 0 Å². The Morgan fingerprint density at radius 1 is 1.60 bits per heavy atom. The van der Waals surface area contributed by atoms with E-state index >= 15 is 0 Å². The van der Waals surface area contributed by atoms with Gasteiger partial charge in [0.1, 0.15) is 0 Å². The second kappa shape index (κ2) is 6.68. The fraction of sp³-hybridized carbons (Fsp3) is 0.571. The molecule has 0 N–H and O–H groups in total. The van der Waals surface area contributed by atoms with Gasteiger partial charge in [0, 0.05) is 6.08 Å². The van der Waals surface area contributed by atoms with E-state index in [4.69, 9.17) is 4.74 Å². The van der Waals surface area contributed by atoms with E-state index in [1.165, 1.54) is 6.08 Å². The van der Waals surface area contributed by atoms with E-state index in [1.807, 2.05) is 0 Å². The average Bonchev–Trinajstić information content (AvgIpc) is 1.98. The fourth-order valence-corrected chi connectivity index (χ4v) is 0.669. The van der Waals surface area contributed by atoms with Crippen molar-refractivity contribution < 1.29 is 9.53 Å². The Morgan fingerprint density at radius 3 is 2.80 bits per heavy atom. The van der Waals surface area contributed by atoms with Crippen LogP contribution in [0, 0.1) is 0 Å². The number of hydrogen-bond acceptors (Lipinski definition) is 3. The van der Waals surface area contributed by atoms with Gasteiger partial charge in [-0.2, -0.15) is 12.6 Å². The van der Waals surface area contributed by atoms with E-state index in [0.29, 0.717) is 6.61 Å². The lowest BCUT2D eigenvalue weighted by Gasteiger charge is -1.98. The molecule has 0 aliphatic carbocycles. The van der Waals surface area contributed by atoms with Gasteiger partial charge in [-0.15, -0.1) is 0 Å². The molecule has 0 aliphatic rings. The topological polar surface area (TPSA) is 26.3 Å². The summed E-state index contributed by atoms with van der Waals surface area (Å²) in [4.78, 5) is 10.4. The van der Waals surface area contributed by atoms with Crippen molar-refractivity contribution in [3.05, 3.63) is 12.7 Å². The summed E-state index contributed by atoms with van der Waals surface area (Å²) in [5, 5.41) is 0. The molecule has 3 heteroatoms. The van der Waals surface area contributed by atoms with E-state index in [-0.39, 0.29) is 5.97 Å². The monoisotopic (exact) mass is 160 g/mol. The predicted octanol–water partition coefficient (Wildman–Crippen LogP) is 1.43. The first-order chi connectivity index (χ1) is 4.81. The maximum Gasteiger partial charge on any atom is 0.330 e. The summed E-state index contributed by atoms with van der Waals surface area (Å²) in [5.41, 5.74) is 0. The van der Waals surface area contributed by atoms with Crippen LogP contribution in [0.5, 0.6) is 0 Å². The molecule has 2 nitrogen and oxygen atoms in total. The summed E-state index contributed by atoms with van der Waals surface area (Å²) in [6.45, 7) is 3.75. The zero-order valence-corrected chi connectivity index (χ0v) is 6.77. The van der Waals surface area contributed by atoms with E-state index in [9.17, 15) is 4.79 Å². The summed E-state index contributed by atoms with van der Waals surface area (Å²) in [6.07, 6.45) is 3.03. The molecule has 0 radical (unpaired) electrons. The molecular weight excluding hydrogens is 148 g/mol. The Morgan fingerprint density at radius 2 is 2.30 bits per heavy atom. The van der Waals surface area contributed by atoms with E-state index in [2.05, 4.69) is 19.2 Å². The van der Waals surface area contributed by atoms with Gasteiger partial charge in [0.05, 0.1) is 6.61 Å². The van der Waals surface area contributed by atoms with Crippen molar-refractivity contribution in [2.45, 2.75) is 12.8 Å². The molecule has 0 aliphatic heterocycles. The third kappa shape index (κ3) is 5.69. The zero-order chi connectivity index (χ0) is 7.82. The lowest BCUT2D eigenvalue weighted by molar-refractivity contribution is -0.137. The van der Waals surface area contributed by atoms with Crippen molar-refractivity contribution in [2.75, 3.05) is 12.4 Å². The van der Waals surface area contributed by atoms with Gasteiger partial charge in [-0.05, 0) is 18.6 Å². The quantitative estimate of drug-likeness (QED) is 0.285. The number of hydrogen-bond donors (Lipinski definition) is 1. The fourth-order valence-electron chi connectivity index (χ4n) is 0.446. The second-order valence-corrected chi connectivity index (χ2v) is 2.25. The maximum atomic E-state index is 10.4. The molecule has 0 rings (SSSR count). The Bertz CT molecular complexity index is 112. The third-order valence-corrected chi connectivity index (χ3v) is 1.28. The highest BCUT2D eigenvalue weighted by molar-refractivity contribution is 7.80. The van der Waals surface area contributed by atoms with Crippen LogP contribution in [0.15, 0.2) is 12.7 Å². The first-order valence-electron chi connectivity index (χ1n) is 3.21. The van der Waals surface area contributed by atoms with Crippen molar-refractivity contribution in [2.24, 2.45) is 0 Å². The zero-order valence-electron chi connectivity index (χ0n) is 5.88. The number of unbranched alkanes of at least 4 members (excludes halogenated alkanes) is 1. The van der Waals surface area contributed by atoms with Crippen molar-refractivity contribution in [1.29, 1.82) is 0 Å². The minimum absolute atomic E-state index is 0.348. The molecule has 0 bridgehead atoms. The molecule has 0 spiro atoms. The molecule has 0 aromatic carbocycles. The number of rotatable bonds is 5. The van der Waals surface area contributed by atoms with Gasteiger partial charge in [-0.3, -0.25) is 0 Å². The van der Waals surface area contributed by atoms with Gasteiger partial charge in [0.2, 0.25) is 0 Å². The Balaban J connectivity index is 3.03. The summed E-state index contributed by atoms with van der Waals surface area (Å²) in [7, 11) is 0. The SMILES string of the molecule is C=CC(=O)OCCCCS. The average molecular weight is 160 g/mol. The van der Waals surface area contributed by atoms with Crippen molar-refractivity contribution in [3.8, 4) is 0 Å². The molecule has 0 amide bonds. The van der Waals surface area contributed by atoms with Crippen LogP contribution >= 0.6 is 12.6 Å². The highest BCUT2D eigenvalue weighted by atomic mass is 32.1. The lowest BCUT2D eigenvalue weighted by atomic mass is 10.4. The molecule has 0 saturated carbocycles. The first-order valence-corrected chi connectivity index (χ1v) is 3.84. The molecule has 0 aromatic heterocycles. The van der Waals surface area contributed by atoms with Gasteiger partial charge in [-0.25, -0.2) is 4.79 Å². The largest absolute Gasteiger partial charge is 0.463 e. The van der Waals surface area contributed by atoms with Crippen molar-refractivity contribution in [1.82, 2.24) is 0 Å². The lowest BCUT2D eigenvalue weighted by Crippen LogP contribution is -2.01. The standard InChI is InChI=1S/C7H12O2S/c1-2-7(8)9-5-3-4-6-10/h2,10H,1,3-6H2. The van der Waals surface area contributed by atoms with Crippen LogP contribution in [0.4, 0.5) is 0 Å². The highest BCUT2D eigenvalue weighted by Gasteiger charge is 1.92. The first kappa shape index (κ1) is 9.56. The van der Waals surface area contributed by atoms with Gasteiger partial charge < -0.3 is 4.74 Å². The normalized spacial score (nSPS) is 8.90. The van der Waals surface area contributed by atoms with E-state index < -0.39 is 0 Å². The third-order valence-electron chi connectivity index (χ3n) is 0.963. The van der Waals surface area contributed by atoms with Gasteiger partial charge in [0.25, 0.3) is 0 Å². The minimum atomic E-state index is -0.348. The van der Waals surface area contributed by atoms with Crippen LogP contribution in [0.3, 0.4) is 0 Å². The number of carbonyl (C=O) groups excluding carboxylic acids is 1. The van der Waals surface area contributed by atoms with Gasteiger partial charge in [-0.1, -0.05) is 6.58 Å². The number of carbonyl (C=O) groups is 1. The molecular formula is C7H12O2S. The van der Waals surface area contributed by atoms with Crippen LogP contribution in [0.1, 0.15) is 12.8 Å². The smallest absolute Gasteiger partial charge is 0.330 e. The van der Waals surface area contributed by atoms with Crippen molar-refractivity contribution in [3.63, 3.8) is 0 Å². The molecule has 0 saturated heterocycles. The van der Waals surface area contributed by atoms with E-state index in [1.54, 1.807) is 0 Å². The number of ether oxygens (including phenoxy) is 1. The summed E-state index contributed by atoms with van der Waals surface area (Å²) >= 11 is 4.01. The molecule has 0 unspecified atom stereocenters. The Kier molecular flexibility index (Phi) is 6.38. The maximum absolute atomic E-state index is 10.4. The minimum Gasteiger partial charge on any atom is -0.463 e. The number of thiol groups is 1. The van der Waals surface area contributed by atoms with Crippen LogP contribution in [0.25, 0.3) is 0 Å². The van der Waals surface area contributed by atoms with E-state index in [0.717, 1.165) is 18.6 Å². The Hall–Kier alpha value is -0.440. The molecule has 0 aromatic rings. The van der Waals surface area contributed by atoms with Crippen LogP contribution in [0.2, 0.25) is 0 Å². The van der Waals surface area contributed by atoms with Crippen LogP contribution in [-0.4, -0.2) is 18.3 Å². The molecule has 0 atom stereocenters.